The Morgan fingerprint density at radius 2 is 0.848 bits per heavy atom. The Morgan fingerprint density at radius 1 is 0.333 bits per heavy atom. The molecule has 13 rings (SSSR count). The molecule has 0 atom stereocenters. The standard InChI is InChI=1S/C61H37N3O2/c62-38-39-20-31-55(54(34-39)40-12-4-1-5-13-40)64(45-23-26-49-42(35-45)22-21-41-14-10-11-19-48(41)49)47-25-28-51-53-30-32-56-60-52(29-33-57(61(53)60)66-59(51)37-47)50-27-24-46(36-58(50)65-56)63(43-15-6-2-7-16-43)44-17-8-3-9-18-44/h1-37H. The molecule has 5 nitrogen and oxygen atoms in total. The van der Waals surface area contributed by atoms with E-state index >= 15 is 0 Å². The lowest BCUT2D eigenvalue weighted by Crippen LogP contribution is -2.12. The van der Waals surface area contributed by atoms with Gasteiger partial charge in [-0.05, 0) is 141 Å². The monoisotopic (exact) mass is 843 g/mol. The van der Waals surface area contributed by atoms with Crippen molar-refractivity contribution in [1.82, 2.24) is 0 Å². The normalized spacial score (nSPS) is 11.9. The molecule has 2 aliphatic heterocycles. The van der Waals surface area contributed by atoms with E-state index in [9.17, 15) is 5.26 Å². The summed E-state index contributed by atoms with van der Waals surface area (Å²) in [7, 11) is 0. The highest BCUT2D eigenvalue weighted by Gasteiger charge is 2.30. The Balaban J connectivity index is 0.937. The van der Waals surface area contributed by atoms with Crippen LogP contribution in [0.5, 0.6) is 23.0 Å². The predicted molar refractivity (Wildman–Crippen MR) is 269 cm³/mol. The minimum Gasteiger partial charge on any atom is -0.456 e. The van der Waals surface area contributed by atoms with Crippen LogP contribution in [0.3, 0.4) is 0 Å². The van der Waals surface area contributed by atoms with Crippen molar-refractivity contribution >= 4 is 66.4 Å². The second kappa shape index (κ2) is 15.0. The SMILES string of the molecule is N#Cc1ccc(N(c2ccc3c(c2)Oc2ccc4c5c(ccc-3c25)Oc2cc(N(c3ccccc3)c3ccccc3)ccc2-4)c2ccc3c(ccc4ccccc43)c2)c(-c2ccccc2)c1. The molecule has 0 aromatic heterocycles. The van der Waals surface area contributed by atoms with Crippen molar-refractivity contribution in [3.05, 3.63) is 230 Å². The first-order valence-electron chi connectivity index (χ1n) is 22.1. The molecule has 308 valence electrons. The lowest BCUT2D eigenvalue weighted by atomic mass is 9.88. The first-order valence-corrected chi connectivity index (χ1v) is 22.1. The van der Waals surface area contributed by atoms with Crippen molar-refractivity contribution in [3.8, 4) is 62.4 Å². The van der Waals surface area contributed by atoms with Crippen LogP contribution in [-0.2, 0) is 0 Å². The number of ether oxygens (including phenoxy) is 2. The van der Waals surface area contributed by atoms with Crippen LogP contribution in [0, 0.1) is 11.3 Å². The maximum atomic E-state index is 10.1. The van der Waals surface area contributed by atoms with Crippen LogP contribution in [0.2, 0.25) is 0 Å². The molecule has 0 radical (unpaired) electrons. The third-order valence-corrected chi connectivity index (χ3v) is 13.0. The zero-order valence-corrected chi connectivity index (χ0v) is 35.5. The number of anilines is 6. The summed E-state index contributed by atoms with van der Waals surface area (Å²) in [5.74, 6) is 3.15. The summed E-state index contributed by atoms with van der Waals surface area (Å²) in [6.45, 7) is 0. The van der Waals surface area contributed by atoms with Gasteiger partial charge in [-0.25, -0.2) is 0 Å². The van der Waals surface area contributed by atoms with Gasteiger partial charge in [0.25, 0.3) is 0 Å². The summed E-state index contributed by atoms with van der Waals surface area (Å²) in [5.41, 5.74) is 12.8. The van der Waals surface area contributed by atoms with Crippen molar-refractivity contribution in [3.63, 3.8) is 0 Å². The van der Waals surface area contributed by atoms with Crippen LogP contribution < -0.4 is 19.3 Å². The topological polar surface area (TPSA) is 48.7 Å². The minimum atomic E-state index is 0.598. The molecule has 0 saturated heterocycles. The molecule has 0 saturated carbocycles. The first-order chi connectivity index (χ1) is 32.7. The zero-order chi connectivity index (χ0) is 43.7. The van der Waals surface area contributed by atoms with E-state index in [1.54, 1.807) is 0 Å². The smallest absolute Gasteiger partial charge is 0.137 e. The van der Waals surface area contributed by atoms with Crippen molar-refractivity contribution in [2.24, 2.45) is 0 Å². The van der Waals surface area contributed by atoms with E-state index in [1.165, 1.54) is 16.2 Å². The van der Waals surface area contributed by atoms with Crippen LogP contribution in [0.1, 0.15) is 5.56 Å². The van der Waals surface area contributed by atoms with Crippen molar-refractivity contribution in [2.45, 2.75) is 0 Å². The van der Waals surface area contributed by atoms with Gasteiger partial charge in [0.05, 0.1) is 17.3 Å². The Morgan fingerprint density at radius 3 is 1.48 bits per heavy atom. The van der Waals surface area contributed by atoms with E-state index < -0.39 is 0 Å². The minimum absolute atomic E-state index is 0.598. The Labute approximate surface area is 381 Å². The van der Waals surface area contributed by atoms with E-state index in [2.05, 4.69) is 198 Å². The summed E-state index contributed by atoms with van der Waals surface area (Å²) in [6.07, 6.45) is 0. The van der Waals surface area contributed by atoms with Gasteiger partial charge >= 0.3 is 0 Å². The number of para-hydroxylation sites is 2. The van der Waals surface area contributed by atoms with E-state index in [0.717, 1.165) is 107 Å². The van der Waals surface area contributed by atoms with Gasteiger partial charge in [0.1, 0.15) is 23.0 Å². The van der Waals surface area contributed by atoms with E-state index in [4.69, 9.17) is 9.47 Å². The van der Waals surface area contributed by atoms with Crippen LogP contribution >= 0.6 is 0 Å². The molecule has 11 aromatic carbocycles. The summed E-state index contributed by atoms with van der Waals surface area (Å²) >= 11 is 0. The van der Waals surface area contributed by atoms with Crippen LogP contribution in [0.4, 0.5) is 34.1 Å². The molecule has 0 N–H and O–H groups in total. The van der Waals surface area contributed by atoms with E-state index in [0.29, 0.717) is 5.56 Å². The Hall–Kier alpha value is -9.11. The predicted octanol–water partition coefficient (Wildman–Crippen LogP) is 17.2. The summed E-state index contributed by atoms with van der Waals surface area (Å²) in [5, 5.41) is 16.9. The van der Waals surface area contributed by atoms with Gasteiger partial charge in [0.2, 0.25) is 0 Å². The Kier molecular flexibility index (Phi) is 8.52. The highest BCUT2D eigenvalue weighted by Crippen LogP contribution is 2.57. The number of hydrogen-bond donors (Lipinski definition) is 0. The van der Waals surface area contributed by atoms with Gasteiger partial charge in [-0.2, -0.15) is 5.26 Å². The molecule has 0 spiro atoms. The van der Waals surface area contributed by atoms with Crippen molar-refractivity contribution in [2.75, 3.05) is 9.80 Å². The molecule has 2 heterocycles. The Bertz CT molecular complexity index is 3750. The van der Waals surface area contributed by atoms with Gasteiger partial charge in [-0.3, -0.25) is 0 Å². The highest BCUT2D eigenvalue weighted by molar-refractivity contribution is 6.15. The molecule has 66 heavy (non-hydrogen) atoms. The molecule has 5 heteroatoms. The fourth-order valence-electron chi connectivity index (χ4n) is 10.0. The third-order valence-electron chi connectivity index (χ3n) is 13.0. The lowest BCUT2D eigenvalue weighted by molar-refractivity contribution is 0.480. The van der Waals surface area contributed by atoms with Gasteiger partial charge < -0.3 is 19.3 Å². The van der Waals surface area contributed by atoms with Gasteiger partial charge in [-0.1, -0.05) is 109 Å². The zero-order valence-electron chi connectivity index (χ0n) is 35.5. The number of nitrogens with zero attached hydrogens (tertiary/aromatic N) is 3. The van der Waals surface area contributed by atoms with Gasteiger partial charge in [0.15, 0.2) is 0 Å². The maximum Gasteiger partial charge on any atom is 0.137 e. The van der Waals surface area contributed by atoms with E-state index in [-0.39, 0.29) is 0 Å². The number of hydrogen-bond acceptors (Lipinski definition) is 5. The highest BCUT2D eigenvalue weighted by atomic mass is 16.5. The molecule has 0 aliphatic carbocycles. The fraction of sp³-hybridized carbons (Fsp3) is 0. The summed E-state index contributed by atoms with van der Waals surface area (Å²) in [6, 6.07) is 80.6. The van der Waals surface area contributed by atoms with Crippen molar-refractivity contribution in [1.29, 1.82) is 5.26 Å². The number of benzene rings is 11. The molecule has 11 aromatic rings. The fourth-order valence-corrected chi connectivity index (χ4v) is 10.0. The van der Waals surface area contributed by atoms with Crippen LogP contribution in [-0.4, -0.2) is 0 Å². The molecule has 0 bridgehead atoms. The second-order valence-corrected chi connectivity index (χ2v) is 16.8. The van der Waals surface area contributed by atoms with Gasteiger partial charge in [-0.15, -0.1) is 0 Å². The number of fused-ring (bicyclic) bond motifs is 7. The van der Waals surface area contributed by atoms with Gasteiger partial charge in [0, 0.05) is 68.0 Å². The molecule has 0 unspecified atom stereocenters. The molecule has 0 amide bonds. The van der Waals surface area contributed by atoms with Crippen LogP contribution in [0.15, 0.2) is 224 Å². The average molecular weight is 844 g/mol. The first kappa shape index (κ1) is 37.4. The maximum absolute atomic E-state index is 10.1. The molecule has 2 aliphatic rings. The summed E-state index contributed by atoms with van der Waals surface area (Å²) in [4.78, 5) is 4.54. The number of nitriles is 1. The third kappa shape index (κ3) is 6.01. The van der Waals surface area contributed by atoms with Crippen molar-refractivity contribution < 1.29 is 9.47 Å². The average Bonchev–Trinajstić information content (AvgIpc) is 3.38. The molecular formula is C61H37N3O2. The largest absolute Gasteiger partial charge is 0.456 e. The lowest BCUT2D eigenvalue weighted by Gasteiger charge is -2.31. The molecule has 0 fully saturated rings. The van der Waals surface area contributed by atoms with E-state index in [1.807, 2.05) is 42.5 Å². The quantitative estimate of drug-likeness (QED) is 0.150. The van der Waals surface area contributed by atoms with Crippen LogP contribution in [0.25, 0.3) is 65.7 Å². The number of rotatable bonds is 7. The second-order valence-electron chi connectivity index (χ2n) is 16.8. The summed E-state index contributed by atoms with van der Waals surface area (Å²) < 4.78 is 13.8. The molecular weight excluding hydrogens is 807 g/mol.